The van der Waals surface area contributed by atoms with Crippen LogP contribution in [-0.4, -0.2) is 0 Å². The maximum absolute atomic E-state index is 6.58. The molecule has 0 amide bonds. The van der Waals surface area contributed by atoms with Gasteiger partial charge in [0, 0.05) is 44.2 Å². The van der Waals surface area contributed by atoms with Gasteiger partial charge in [0.2, 0.25) is 0 Å². The molecular weight excluding hydrogens is 851 g/mol. The van der Waals surface area contributed by atoms with E-state index in [-0.39, 0.29) is 0 Å². The second kappa shape index (κ2) is 16.0. The van der Waals surface area contributed by atoms with Gasteiger partial charge in [-0.25, -0.2) is 0 Å². The fraction of sp³-hybridized carbons (Fsp3) is 0.0149. The van der Waals surface area contributed by atoms with E-state index in [1.807, 2.05) is 18.2 Å². The fourth-order valence-corrected chi connectivity index (χ4v) is 11.4. The van der Waals surface area contributed by atoms with Crippen LogP contribution in [0.15, 0.2) is 270 Å². The van der Waals surface area contributed by atoms with E-state index in [9.17, 15) is 0 Å². The number of benzene rings is 11. The highest BCUT2D eigenvalue weighted by Gasteiger charge is 2.46. The Kier molecular flexibility index (Phi) is 9.11. The Hall–Kier alpha value is -9.18. The van der Waals surface area contributed by atoms with E-state index in [0.717, 1.165) is 88.8 Å². The highest BCUT2D eigenvalue weighted by molar-refractivity contribution is 6.10. The lowest BCUT2D eigenvalue weighted by Crippen LogP contribution is -2.28. The SMILES string of the molecule is c1ccc(C2(c3ccccc3)c3ccccc3-c3cc(N(c4ccc(-c5ccc(-c6ccc7oc8ccccc8c7c6)cc5)cc4)c4cccc(-c5cccc6c5oc5ccccc56)c4)ccc32)cc1. The van der Waals surface area contributed by atoms with E-state index in [2.05, 4.69) is 248 Å². The molecule has 0 spiro atoms. The minimum Gasteiger partial charge on any atom is -0.456 e. The predicted molar refractivity (Wildman–Crippen MR) is 289 cm³/mol. The molecule has 14 rings (SSSR count). The molecular formula is C67H43NO2. The molecule has 2 heterocycles. The summed E-state index contributed by atoms with van der Waals surface area (Å²) in [7, 11) is 0. The van der Waals surface area contributed by atoms with Crippen molar-refractivity contribution in [3.05, 3.63) is 283 Å². The van der Waals surface area contributed by atoms with Gasteiger partial charge in [0.15, 0.2) is 0 Å². The van der Waals surface area contributed by atoms with Gasteiger partial charge >= 0.3 is 0 Å². The molecule has 0 N–H and O–H groups in total. The van der Waals surface area contributed by atoms with Crippen LogP contribution in [0.1, 0.15) is 22.3 Å². The summed E-state index contributed by atoms with van der Waals surface area (Å²) in [5, 5.41) is 4.51. The monoisotopic (exact) mass is 893 g/mol. The summed E-state index contributed by atoms with van der Waals surface area (Å²) in [6, 6.07) is 94.4. The molecule has 0 radical (unpaired) electrons. The minimum atomic E-state index is -0.486. The van der Waals surface area contributed by atoms with Crippen molar-refractivity contribution >= 4 is 60.9 Å². The zero-order valence-electron chi connectivity index (χ0n) is 38.1. The maximum atomic E-state index is 6.58. The van der Waals surface area contributed by atoms with Crippen LogP contribution in [0.4, 0.5) is 17.1 Å². The van der Waals surface area contributed by atoms with Crippen molar-refractivity contribution in [3.63, 3.8) is 0 Å². The fourth-order valence-electron chi connectivity index (χ4n) is 11.4. The lowest BCUT2D eigenvalue weighted by Gasteiger charge is -2.34. The van der Waals surface area contributed by atoms with Crippen LogP contribution in [0.5, 0.6) is 0 Å². The molecule has 1 aliphatic carbocycles. The van der Waals surface area contributed by atoms with Crippen LogP contribution < -0.4 is 4.90 Å². The van der Waals surface area contributed by atoms with Crippen molar-refractivity contribution in [1.29, 1.82) is 0 Å². The molecule has 13 aromatic rings. The van der Waals surface area contributed by atoms with Crippen molar-refractivity contribution in [2.24, 2.45) is 0 Å². The highest BCUT2D eigenvalue weighted by atomic mass is 16.3. The van der Waals surface area contributed by atoms with Crippen molar-refractivity contribution in [1.82, 2.24) is 0 Å². The van der Waals surface area contributed by atoms with Crippen LogP contribution in [0, 0.1) is 0 Å². The summed E-state index contributed by atoms with van der Waals surface area (Å²) in [5.41, 5.74) is 20.6. The molecule has 0 fully saturated rings. The van der Waals surface area contributed by atoms with Crippen molar-refractivity contribution in [3.8, 4) is 44.5 Å². The van der Waals surface area contributed by atoms with Gasteiger partial charge < -0.3 is 13.7 Å². The minimum absolute atomic E-state index is 0.486. The number of rotatable bonds is 8. The third-order valence-electron chi connectivity index (χ3n) is 14.6. The summed E-state index contributed by atoms with van der Waals surface area (Å²) in [5.74, 6) is 0. The quantitative estimate of drug-likeness (QED) is 0.152. The molecule has 0 aliphatic heterocycles. The first-order chi connectivity index (χ1) is 34.7. The Labute approximate surface area is 405 Å². The van der Waals surface area contributed by atoms with Crippen LogP contribution in [-0.2, 0) is 5.41 Å². The molecule has 0 atom stereocenters. The number of furan rings is 2. The normalized spacial score (nSPS) is 12.7. The van der Waals surface area contributed by atoms with Crippen LogP contribution in [0.2, 0.25) is 0 Å². The molecule has 1 aliphatic rings. The molecule has 3 heteroatoms. The van der Waals surface area contributed by atoms with E-state index < -0.39 is 5.41 Å². The molecule has 328 valence electrons. The van der Waals surface area contributed by atoms with Crippen LogP contribution in [0.3, 0.4) is 0 Å². The van der Waals surface area contributed by atoms with E-state index in [1.54, 1.807) is 0 Å². The Morgan fingerprint density at radius 3 is 1.53 bits per heavy atom. The van der Waals surface area contributed by atoms with Crippen LogP contribution >= 0.6 is 0 Å². The number of fused-ring (bicyclic) bond motifs is 9. The van der Waals surface area contributed by atoms with E-state index >= 15 is 0 Å². The second-order valence-electron chi connectivity index (χ2n) is 18.4. The van der Waals surface area contributed by atoms with Crippen molar-refractivity contribution in [2.75, 3.05) is 4.90 Å². The first kappa shape index (κ1) is 39.9. The van der Waals surface area contributed by atoms with Crippen LogP contribution in [0.25, 0.3) is 88.4 Å². The third kappa shape index (κ3) is 6.22. The van der Waals surface area contributed by atoms with E-state index in [4.69, 9.17) is 8.83 Å². The highest BCUT2D eigenvalue weighted by Crippen LogP contribution is 2.57. The molecule has 70 heavy (non-hydrogen) atoms. The van der Waals surface area contributed by atoms with Gasteiger partial charge in [-0.2, -0.15) is 0 Å². The molecule has 0 bridgehead atoms. The lowest BCUT2D eigenvalue weighted by atomic mass is 9.68. The smallest absolute Gasteiger partial charge is 0.143 e. The largest absolute Gasteiger partial charge is 0.456 e. The first-order valence-corrected chi connectivity index (χ1v) is 24.0. The predicted octanol–water partition coefficient (Wildman–Crippen LogP) is 18.3. The van der Waals surface area contributed by atoms with Gasteiger partial charge in [-0.15, -0.1) is 0 Å². The second-order valence-corrected chi connectivity index (χ2v) is 18.4. The summed E-state index contributed by atoms with van der Waals surface area (Å²) in [6.45, 7) is 0. The number of anilines is 3. The van der Waals surface area contributed by atoms with Gasteiger partial charge in [-0.1, -0.05) is 200 Å². The number of nitrogens with zero attached hydrogens (tertiary/aromatic N) is 1. The average Bonchev–Trinajstić information content (AvgIpc) is 4.10. The van der Waals surface area contributed by atoms with E-state index in [1.165, 1.54) is 38.9 Å². The summed E-state index contributed by atoms with van der Waals surface area (Å²) >= 11 is 0. The first-order valence-electron chi connectivity index (χ1n) is 24.0. The van der Waals surface area contributed by atoms with Gasteiger partial charge in [-0.05, 0) is 122 Å². The molecule has 0 saturated carbocycles. The van der Waals surface area contributed by atoms with E-state index in [0.29, 0.717) is 0 Å². The molecule has 0 saturated heterocycles. The zero-order chi connectivity index (χ0) is 46.2. The molecule has 0 unspecified atom stereocenters. The zero-order valence-corrected chi connectivity index (χ0v) is 38.1. The maximum Gasteiger partial charge on any atom is 0.143 e. The Morgan fingerprint density at radius 2 is 0.786 bits per heavy atom. The molecule has 11 aromatic carbocycles. The Bertz CT molecular complexity index is 4070. The van der Waals surface area contributed by atoms with Gasteiger partial charge in [0.25, 0.3) is 0 Å². The molecule has 3 nitrogen and oxygen atoms in total. The van der Waals surface area contributed by atoms with Crippen molar-refractivity contribution in [2.45, 2.75) is 5.41 Å². The molecule has 2 aromatic heterocycles. The number of hydrogen-bond acceptors (Lipinski definition) is 3. The topological polar surface area (TPSA) is 29.5 Å². The van der Waals surface area contributed by atoms with Gasteiger partial charge in [0.05, 0.1) is 5.41 Å². The third-order valence-corrected chi connectivity index (χ3v) is 14.6. The summed E-state index contributed by atoms with van der Waals surface area (Å²) < 4.78 is 12.7. The van der Waals surface area contributed by atoms with Gasteiger partial charge in [0.1, 0.15) is 22.3 Å². The summed E-state index contributed by atoms with van der Waals surface area (Å²) in [6.07, 6.45) is 0. The lowest BCUT2D eigenvalue weighted by molar-refractivity contribution is 0.669. The number of hydrogen-bond donors (Lipinski definition) is 0. The average molecular weight is 894 g/mol. The van der Waals surface area contributed by atoms with Gasteiger partial charge in [-0.3, -0.25) is 0 Å². The van der Waals surface area contributed by atoms with Crippen molar-refractivity contribution < 1.29 is 8.83 Å². The Balaban J connectivity index is 0.896. The standard InChI is InChI=1S/C67H43NO2/c1-3-16-49(17-4-1)67(50-18-5-2-6-19-50)61-26-10-7-21-55(61)59-43-53(38-39-62(59)67)68(52-20-13-15-48(41-52)54-24-14-25-58-56-22-8-12-28-64(56)70-66(54)58)51-36-33-45(34-37-51)44-29-31-46(32-30-44)47-35-40-65-60(42-47)57-23-9-11-27-63(57)69-65/h1-43H. The Morgan fingerprint density at radius 1 is 0.271 bits per heavy atom. The number of para-hydroxylation sites is 3. The summed E-state index contributed by atoms with van der Waals surface area (Å²) in [4.78, 5) is 2.40.